The normalized spacial score (nSPS) is 10.6. The molecule has 0 aliphatic rings. The van der Waals surface area contributed by atoms with Crippen LogP contribution >= 0.6 is 0 Å². The van der Waals surface area contributed by atoms with E-state index in [1.165, 1.54) is 28.8 Å². The Morgan fingerprint density at radius 1 is 1.14 bits per heavy atom. The lowest BCUT2D eigenvalue weighted by atomic mass is 10.2. The van der Waals surface area contributed by atoms with Crippen LogP contribution in [0.2, 0.25) is 0 Å². The summed E-state index contributed by atoms with van der Waals surface area (Å²) >= 11 is 0. The van der Waals surface area contributed by atoms with Crippen LogP contribution in [0.5, 0.6) is 0 Å². The molecule has 0 spiro atoms. The second-order valence-corrected chi connectivity index (χ2v) is 4.51. The van der Waals surface area contributed by atoms with Crippen molar-refractivity contribution in [1.29, 1.82) is 0 Å². The zero-order valence-electron chi connectivity index (χ0n) is 11.3. The number of hydrogen-bond acceptors (Lipinski definition) is 6. The molecule has 3 aromatic rings. The van der Waals surface area contributed by atoms with E-state index in [4.69, 9.17) is 5.84 Å². The molecule has 0 unspecified atom stereocenters. The van der Waals surface area contributed by atoms with Crippen LogP contribution in [-0.4, -0.2) is 14.5 Å². The van der Waals surface area contributed by atoms with E-state index in [0.29, 0.717) is 16.6 Å². The van der Waals surface area contributed by atoms with E-state index in [1.54, 1.807) is 24.3 Å². The number of nitrogens with two attached hydrogens (primary N) is 1. The molecule has 0 saturated carbocycles. The second kappa shape index (κ2) is 5.26. The first-order valence-electron chi connectivity index (χ1n) is 6.35. The molecule has 8 heteroatoms. The number of anilines is 1. The summed E-state index contributed by atoms with van der Waals surface area (Å²) in [6, 6.07) is 12.4. The molecule has 3 rings (SSSR count). The van der Waals surface area contributed by atoms with Crippen LogP contribution < -0.4 is 16.8 Å². The minimum absolute atomic E-state index is 0.0622. The SMILES string of the molecule is NNc1nc2ccccc2c(=O)n1-c1ccc([N+](=O)[O-])cc1. The maximum Gasteiger partial charge on any atom is 0.269 e. The van der Waals surface area contributed by atoms with Crippen molar-refractivity contribution >= 4 is 22.5 Å². The van der Waals surface area contributed by atoms with Gasteiger partial charge >= 0.3 is 0 Å². The molecule has 0 bridgehead atoms. The predicted molar refractivity (Wildman–Crippen MR) is 81.8 cm³/mol. The Morgan fingerprint density at radius 3 is 2.45 bits per heavy atom. The van der Waals surface area contributed by atoms with E-state index in [2.05, 4.69) is 10.4 Å². The van der Waals surface area contributed by atoms with E-state index < -0.39 is 4.92 Å². The fourth-order valence-electron chi connectivity index (χ4n) is 2.19. The topological polar surface area (TPSA) is 116 Å². The Bertz CT molecular complexity index is 918. The number of nitro groups is 1. The highest BCUT2D eigenvalue weighted by Crippen LogP contribution is 2.18. The predicted octanol–water partition coefficient (Wildman–Crippen LogP) is 1.58. The number of nitro benzene ring substituents is 1. The lowest BCUT2D eigenvalue weighted by Gasteiger charge is -2.12. The first-order chi connectivity index (χ1) is 10.6. The first kappa shape index (κ1) is 13.7. The highest BCUT2D eigenvalue weighted by atomic mass is 16.6. The molecule has 22 heavy (non-hydrogen) atoms. The third-order valence-corrected chi connectivity index (χ3v) is 3.22. The molecule has 110 valence electrons. The van der Waals surface area contributed by atoms with Gasteiger partial charge in [-0.3, -0.25) is 20.3 Å². The lowest BCUT2D eigenvalue weighted by Crippen LogP contribution is -2.25. The van der Waals surface area contributed by atoms with Crippen molar-refractivity contribution in [3.8, 4) is 5.69 Å². The number of non-ortho nitro benzene ring substituents is 1. The minimum atomic E-state index is -0.507. The number of fused-ring (bicyclic) bond motifs is 1. The summed E-state index contributed by atoms with van der Waals surface area (Å²) in [6.45, 7) is 0. The molecule has 0 radical (unpaired) electrons. The largest absolute Gasteiger partial charge is 0.293 e. The summed E-state index contributed by atoms with van der Waals surface area (Å²) in [5.74, 6) is 5.60. The molecule has 0 saturated heterocycles. The molecular weight excluding hydrogens is 286 g/mol. The lowest BCUT2D eigenvalue weighted by molar-refractivity contribution is -0.384. The Balaban J connectivity index is 2.27. The fraction of sp³-hybridized carbons (Fsp3) is 0. The van der Waals surface area contributed by atoms with Gasteiger partial charge in [0.2, 0.25) is 5.95 Å². The molecule has 2 aromatic carbocycles. The Hall–Kier alpha value is -3.26. The molecule has 0 fully saturated rings. The Labute approximate surface area is 123 Å². The van der Waals surface area contributed by atoms with Gasteiger partial charge in [0.05, 0.1) is 21.5 Å². The van der Waals surface area contributed by atoms with Crippen LogP contribution in [0.3, 0.4) is 0 Å². The van der Waals surface area contributed by atoms with Crippen molar-refractivity contribution in [2.45, 2.75) is 0 Å². The maximum absolute atomic E-state index is 12.6. The minimum Gasteiger partial charge on any atom is -0.293 e. The van der Waals surface area contributed by atoms with E-state index in [9.17, 15) is 14.9 Å². The number of hydrogen-bond donors (Lipinski definition) is 2. The molecule has 0 atom stereocenters. The summed E-state index contributed by atoms with van der Waals surface area (Å²) in [5.41, 5.74) is 2.95. The first-order valence-corrected chi connectivity index (χ1v) is 6.35. The average Bonchev–Trinajstić information content (AvgIpc) is 2.55. The highest BCUT2D eigenvalue weighted by Gasteiger charge is 2.13. The fourth-order valence-corrected chi connectivity index (χ4v) is 2.19. The molecule has 0 amide bonds. The van der Waals surface area contributed by atoms with Crippen LogP contribution in [0.4, 0.5) is 11.6 Å². The summed E-state index contributed by atoms with van der Waals surface area (Å²) in [4.78, 5) is 27.1. The van der Waals surface area contributed by atoms with Gasteiger partial charge < -0.3 is 0 Å². The average molecular weight is 297 g/mol. The summed E-state index contributed by atoms with van der Waals surface area (Å²) in [7, 11) is 0. The molecule has 1 aromatic heterocycles. The smallest absolute Gasteiger partial charge is 0.269 e. The van der Waals surface area contributed by atoms with Crippen LogP contribution in [0.15, 0.2) is 53.3 Å². The number of para-hydroxylation sites is 1. The number of nitrogens with one attached hydrogen (secondary N) is 1. The van der Waals surface area contributed by atoms with E-state index >= 15 is 0 Å². The third kappa shape index (κ3) is 2.17. The van der Waals surface area contributed by atoms with Crippen molar-refractivity contribution in [3.63, 3.8) is 0 Å². The zero-order chi connectivity index (χ0) is 15.7. The number of benzene rings is 2. The molecular formula is C14H11N5O3. The van der Waals surface area contributed by atoms with Gasteiger partial charge in [-0.05, 0) is 24.3 Å². The van der Waals surface area contributed by atoms with Crippen molar-refractivity contribution < 1.29 is 4.92 Å². The molecule has 3 N–H and O–H groups in total. The van der Waals surface area contributed by atoms with Crippen LogP contribution in [0, 0.1) is 10.1 Å². The van der Waals surface area contributed by atoms with Gasteiger partial charge in [-0.2, -0.15) is 0 Å². The monoisotopic (exact) mass is 297 g/mol. The van der Waals surface area contributed by atoms with Crippen molar-refractivity contribution in [2.24, 2.45) is 5.84 Å². The van der Waals surface area contributed by atoms with E-state index in [0.717, 1.165) is 0 Å². The Morgan fingerprint density at radius 2 is 1.82 bits per heavy atom. The van der Waals surface area contributed by atoms with Gasteiger partial charge in [0.25, 0.3) is 11.2 Å². The van der Waals surface area contributed by atoms with Crippen molar-refractivity contribution in [2.75, 3.05) is 5.43 Å². The van der Waals surface area contributed by atoms with Gasteiger partial charge in [-0.1, -0.05) is 12.1 Å². The standard InChI is InChI=1S/C14H11N5O3/c15-17-14-16-12-4-2-1-3-11(12)13(20)18(14)9-5-7-10(8-6-9)19(21)22/h1-8H,15H2,(H,16,17). The van der Waals surface area contributed by atoms with Gasteiger partial charge in [0, 0.05) is 12.1 Å². The second-order valence-electron chi connectivity index (χ2n) is 4.51. The van der Waals surface area contributed by atoms with Gasteiger partial charge in [0.15, 0.2) is 0 Å². The maximum atomic E-state index is 12.6. The number of rotatable bonds is 3. The number of nitrogens with zero attached hydrogens (tertiary/aromatic N) is 3. The molecule has 0 aliphatic carbocycles. The van der Waals surface area contributed by atoms with Crippen LogP contribution in [0.25, 0.3) is 16.6 Å². The summed E-state index contributed by atoms with van der Waals surface area (Å²) < 4.78 is 1.27. The van der Waals surface area contributed by atoms with Gasteiger partial charge in [-0.25, -0.2) is 15.4 Å². The zero-order valence-corrected chi connectivity index (χ0v) is 11.3. The van der Waals surface area contributed by atoms with Crippen LogP contribution in [-0.2, 0) is 0 Å². The van der Waals surface area contributed by atoms with E-state index in [1.807, 2.05) is 0 Å². The van der Waals surface area contributed by atoms with Crippen LogP contribution in [0.1, 0.15) is 0 Å². The van der Waals surface area contributed by atoms with Crippen molar-refractivity contribution in [1.82, 2.24) is 9.55 Å². The van der Waals surface area contributed by atoms with E-state index in [-0.39, 0.29) is 17.2 Å². The molecule has 0 aliphatic heterocycles. The number of nitrogen functional groups attached to an aromatic ring is 1. The quantitative estimate of drug-likeness (QED) is 0.430. The third-order valence-electron chi connectivity index (χ3n) is 3.22. The summed E-state index contributed by atoms with van der Waals surface area (Å²) in [5, 5.41) is 11.1. The molecule has 1 heterocycles. The highest BCUT2D eigenvalue weighted by molar-refractivity contribution is 5.79. The summed E-state index contributed by atoms with van der Waals surface area (Å²) in [6.07, 6.45) is 0. The van der Waals surface area contributed by atoms with Gasteiger partial charge in [-0.15, -0.1) is 0 Å². The number of aromatic nitrogens is 2. The Kier molecular flexibility index (Phi) is 3.28. The van der Waals surface area contributed by atoms with Crippen molar-refractivity contribution in [3.05, 3.63) is 69.0 Å². The molecule has 8 nitrogen and oxygen atoms in total. The van der Waals surface area contributed by atoms with Gasteiger partial charge in [0.1, 0.15) is 0 Å². The number of hydrazine groups is 1.